The Morgan fingerprint density at radius 1 is 0.270 bits per heavy atom. The summed E-state index contributed by atoms with van der Waals surface area (Å²) in [7, 11) is 0. The Morgan fingerprint density at radius 2 is 0.778 bits per heavy atom. The fraction of sp³-hybridized carbons (Fsp3) is 0. The van der Waals surface area contributed by atoms with Crippen molar-refractivity contribution in [3.05, 3.63) is 249 Å². The average molecular weight is 804 g/mol. The zero-order chi connectivity index (χ0) is 41.7. The number of hydrogen-bond acceptors (Lipinski definition) is 1. The normalized spacial score (nSPS) is 11.5. The summed E-state index contributed by atoms with van der Waals surface area (Å²) in [5.74, 6) is 0. The van der Waals surface area contributed by atoms with E-state index in [4.69, 9.17) is 0 Å². The highest BCUT2D eigenvalue weighted by atomic mass is 15.1. The number of para-hydroxylation sites is 4. The van der Waals surface area contributed by atoms with Gasteiger partial charge in [0, 0.05) is 49.9 Å². The molecule has 12 rings (SSSR count). The summed E-state index contributed by atoms with van der Waals surface area (Å²) in [6, 6.07) is 90.1. The third kappa shape index (κ3) is 6.21. The van der Waals surface area contributed by atoms with E-state index < -0.39 is 0 Å². The quantitative estimate of drug-likeness (QED) is 0.149. The van der Waals surface area contributed by atoms with Crippen molar-refractivity contribution in [2.45, 2.75) is 0 Å². The van der Waals surface area contributed by atoms with Gasteiger partial charge in [-0.1, -0.05) is 170 Å². The second-order valence-electron chi connectivity index (χ2n) is 16.1. The standard InChI is InChI=1S/C60H41N3/c1-5-18-43(19-6-1)50-26-13-15-29-55(50)61(48-35-32-42(33-36-48)45-34-38-53-52-27-14-16-30-56(52)63(59(53)40-45)47-24-11-4-12-25-47)49-37-39-57-54(41-49)60-51(44-20-7-2-8-21-44)28-17-31-58(60)62(57)46-22-9-3-10-23-46/h1-41H. The van der Waals surface area contributed by atoms with Gasteiger partial charge >= 0.3 is 0 Å². The van der Waals surface area contributed by atoms with Crippen LogP contribution in [0.15, 0.2) is 249 Å². The smallest absolute Gasteiger partial charge is 0.0547 e. The molecule has 2 aromatic heterocycles. The van der Waals surface area contributed by atoms with Crippen molar-refractivity contribution in [1.29, 1.82) is 0 Å². The average Bonchev–Trinajstić information content (AvgIpc) is 3.88. The Kier molecular flexibility index (Phi) is 8.83. The van der Waals surface area contributed by atoms with Gasteiger partial charge in [-0.3, -0.25) is 0 Å². The van der Waals surface area contributed by atoms with Crippen molar-refractivity contribution < 1.29 is 0 Å². The lowest BCUT2D eigenvalue weighted by Crippen LogP contribution is -2.11. The van der Waals surface area contributed by atoms with Gasteiger partial charge in [0.25, 0.3) is 0 Å². The van der Waals surface area contributed by atoms with Gasteiger partial charge in [-0.05, 0) is 107 Å². The minimum absolute atomic E-state index is 1.08. The van der Waals surface area contributed by atoms with Crippen LogP contribution in [-0.2, 0) is 0 Å². The molecular weight excluding hydrogens is 763 g/mol. The molecule has 0 aliphatic heterocycles. The van der Waals surface area contributed by atoms with Crippen molar-refractivity contribution >= 4 is 60.7 Å². The highest BCUT2D eigenvalue weighted by molar-refractivity contribution is 6.17. The van der Waals surface area contributed by atoms with Crippen LogP contribution in [0.1, 0.15) is 0 Å². The molecule has 0 amide bonds. The van der Waals surface area contributed by atoms with Gasteiger partial charge in [-0.2, -0.15) is 0 Å². The zero-order valence-electron chi connectivity index (χ0n) is 34.5. The third-order valence-electron chi connectivity index (χ3n) is 12.5. The van der Waals surface area contributed by atoms with Gasteiger partial charge in [-0.25, -0.2) is 0 Å². The summed E-state index contributed by atoms with van der Waals surface area (Å²) in [6.07, 6.45) is 0. The summed E-state index contributed by atoms with van der Waals surface area (Å²) in [6.45, 7) is 0. The second kappa shape index (κ2) is 15.3. The van der Waals surface area contributed by atoms with E-state index in [1.54, 1.807) is 0 Å². The van der Waals surface area contributed by atoms with Crippen molar-refractivity contribution in [2.75, 3.05) is 4.90 Å². The van der Waals surface area contributed by atoms with Gasteiger partial charge in [-0.15, -0.1) is 0 Å². The maximum absolute atomic E-state index is 2.43. The summed E-state index contributed by atoms with van der Waals surface area (Å²) >= 11 is 0. The fourth-order valence-electron chi connectivity index (χ4n) is 9.68. The lowest BCUT2D eigenvalue weighted by molar-refractivity contribution is 1.18. The predicted molar refractivity (Wildman–Crippen MR) is 266 cm³/mol. The zero-order valence-corrected chi connectivity index (χ0v) is 34.5. The van der Waals surface area contributed by atoms with Crippen molar-refractivity contribution in [3.8, 4) is 44.8 Å². The molecule has 10 aromatic carbocycles. The van der Waals surface area contributed by atoms with Crippen molar-refractivity contribution in [3.63, 3.8) is 0 Å². The lowest BCUT2D eigenvalue weighted by atomic mass is 9.98. The monoisotopic (exact) mass is 803 g/mol. The van der Waals surface area contributed by atoms with Crippen LogP contribution in [0.25, 0.3) is 88.4 Å². The molecule has 0 fully saturated rings. The molecule has 0 aliphatic carbocycles. The van der Waals surface area contributed by atoms with E-state index >= 15 is 0 Å². The van der Waals surface area contributed by atoms with E-state index in [2.05, 4.69) is 263 Å². The molecule has 0 saturated heterocycles. The number of aromatic nitrogens is 2. The lowest BCUT2D eigenvalue weighted by Gasteiger charge is -2.28. The molecule has 2 heterocycles. The number of anilines is 3. The molecule has 0 radical (unpaired) electrons. The molecule has 296 valence electrons. The minimum Gasteiger partial charge on any atom is -0.310 e. The van der Waals surface area contributed by atoms with Crippen LogP contribution in [0.5, 0.6) is 0 Å². The first-order valence-corrected chi connectivity index (χ1v) is 21.6. The molecule has 0 spiro atoms. The number of hydrogen-bond donors (Lipinski definition) is 0. The van der Waals surface area contributed by atoms with Crippen LogP contribution < -0.4 is 4.90 Å². The van der Waals surface area contributed by atoms with E-state index in [0.29, 0.717) is 0 Å². The maximum Gasteiger partial charge on any atom is 0.0547 e. The summed E-state index contributed by atoms with van der Waals surface area (Å²) in [5.41, 5.74) is 17.4. The van der Waals surface area contributed by atoms with Crippen LogP contribution in [0.4, 0.5) is 17.1 Å². The third-order valence-corrected chi connectivity index (χ3v) is 12.5. The summed E-state index contributed by atoms with van der Waals surface area (Å²) in [4.78, 5) is 2.43. The van der Waals surface area contributed by atoms with E-state index in [-0.39, 0.29) is 0 Å². The first-order valence-electron chi connectivity index (χ1n) is 21.6. The van der Waals surface area contributed by atoms with Crippen LogP contribution in [0.2, 0.25) is 0 Å². The Balaban J connectivity index is 1.05. The van der Waals surface area contributed by atoms with E-state index in [0.717, 1.165) is 39.6 Å². The van der Waals surface area contributed by atoms with E-state index in [1.165, 1.54) is 65.9 Å². The van der Waals surface area contributed by atoms with Crippen LogP contribution >= 0.6 is 0 Å². The fourth-order valence-corrected chi connectivity index (χ4v) is 9.68. The number of fused-ring (bicyclic) bond motifs is 6. The number of nitrogens with zero attached hydrogens (tertiary/aromatic N) is 3. The van der Waals surface area contributed by atoms with E-state index in [1.807, 2.05) is 0 Å². The van der Waals surface area contributed by atoms with Gasteiger partial charge < -0.3 is 14.0 Å². The maximum atomic E-state index is 2.43. The Bertz CT molecular complexity index is 3590. The molecule has 0 saturated carbocycles. The van der Waals surface area contributed by atoms with Crippen molar-refractivity contribution in [1.82, 2.24) is 9.13 Å². The Labute approximate surface area is 366 Å². The molecule has 0 unspecified atom stereocenters. The molecule has 0 bridgehead atoms. The highest BCUT2D eigenvalue weighted by Gasteiger charge is 2.22. The largest absolute Gasteiger partial charge is 0.310 e. The SMILES string of the molecule is c1ccc(-c2ccccc2N(c2ccc(-c3ccc4c5ccccc5n(-c5ccccc5)c4c3)cc2)c2ccc3c(c2)c2c(-c4ccccc4)cccc2n3-c2ccccc2)cc1. The first kappa shape index (κ1) is 36.5. The molecule has 63 heavy (non-hydrogen) atoms. The summed E-state index contributed by atoms with van der Waals surface area (Å²) in [5, 5.41) is 4.94. The van der Waals surface area contributed by atoms with Crippen LogP contribution in [-0.4, -0.2) is 9.13 Å². The van der Waals surface area contributed by atoms with Gasteiger partial charge in [0.2, 0.25) is 0 Å². The molecular formula is C60H41N3. The number of benzene rings is 10. The molecule has 3 nitrogen and oxygen atoms in total. The highest BCUT2D eigenvalue weighted by Crippen LogP contribution is 2.45. The summed E-state index contributed by atoms with van der Waals surface area (Å²) < 4.78 is 4.80. The van der Waals surface area contributed by atoms with Gasteiger partial charge in [0.15, 0.2) is 0 Å². The molecule has 3 heteroatoms. The van der Waals surface area contributed by atoms with E-state index in [9.17, 15) is 0 Å². The van der Waals surface area contributed by atoms with Crippen molar-refractivity contribution in [2.24, 2.45) is 0 Å². The van der Waals surface area contributed by atoms with Gasteiger partial charge in [0.1, 0.15) is 0 Å². The number of rotatable bonds is 8. The second-order valence-corrected chi connectivity index (χ2v) is 16.1. The molecule has 0 atom stereocenters. The Morgan fingerprint density at radius 3 is 1.49 bits per heavy atom. The minimum atomic E-state index is 1.08. The van der Waals surface area contributed by atoms with Gasteiger partial charge in [0.05, 0.1) is 27.8 Å². The predicted octanol–water partition coefficient (Wildman–Crippen LogP) is 16.4. The first-order chi connectivity index (χ1) is 31.3. The topological polar surface area (TPSA) is 13.1 Å². The Hall–Kier alpha value is -8.40. The molecule has 0 aliphatic rings. The molecule has 12 aromatic rings. The molecule has 0 N–H and O–H groups in total. The van der Waals surface area contributed by atoms with Crippen LogP contribution in [0.3, 0.4) is 0 Å². The van der Waals surface area contributed by atoms with Crippen LogP contribution in [0, 0.1) is 0 Å².